The lowest BCUT2D eigenvalue weighted by Crippen LogP contribution is -2.64. The van der Waals surface area contributed by atoms with Crippen molar-refractivity contribution < 1.29 is 82.3 Å². The Balaban J connectivity index is 1.34. The number of anilines is 1. The van der Waals surface area contributed by atoms with Gasteiger partial charge in [0, 0.05) is 38.5 Å². The zero-order valence-electron chi connectivity index (χ0n) is 43.4. The van der Waals surface area contributed by atoms with Gasteiger partial charge in [0.2, 0.25) is 5.91 Å². The number of ether oxygens (including phenoxy) is 7. The quantitative estimate of drug-likeness (QED) is 0.122. The molecule has 4 aliphatic heterocycles. The van der Waals surface area contributed by atoms with Crippen LogP contribution in [0.1, 0.15) is 93.9 Å². The van der Waals surface area contributed by atoms with Gasteiger partial charge in [0.15, 0.2) is 6.29 Å². The fourth-order valence-electron chi connectivity index (χ4n) is 10.7. The van der Waals surface area contributed by atoms with Crippen LogP contribution in [0.4, 0.5) is 14.9 Å². The fraction of sp³-hybridized carbons (Fsp3) is 0.800. The topological polar surface area (TPSA) is 256 Å². The first kappa shape index (κ1) is 58.3. The number of halogens is 1. The van der Waals surface area contributed by atoms with E-state index < -0.39 is 138 Å². The number of aliphatic hydroxyl groups is 5. The maximum absolute atomic E-state index is 14.4. The highest BCUT2D eigenvalue weighted by Gasteiger charge is 2.53. The summed E-state index contributed by atoms with van der Waals surface area (Å²) in [5.41, 5.74) is -2.63. The average molecular weight is 1010 g/mol. The Labute approximate surface area is 417 Å². The third-order valence-electron chi connectivity index (χ3n) is 15.3. The summed E-state index contributed by atoms with van der Waals surface area (Å²) in [6.45, 7) is 14.1. The lowest BCUT2D eigenvalue weighted by molar-refractivity contribution is -0.305. The molecule has 4 fully saturated rings. The van der Waals surface area contributed by atoms with E-state index in [0.29, 0.717) is 12.2 Å². The summed E-state index contributed by atoms with van der Waals surface area (Å²) in [4.78, 5) is 57.8. The van der Waals surface area contributed by atoms with Crippen LogP contribution < -0.4 is 10.2 Å². The van der Waals surface area contributed by atoms with Crippen molar-refractivity contribution in [3.05, 3.63) is 30.1 Å². The molecule has 4 aliphatic rings. The van der Waals surface area contributed by atoms with Gasteiger partial charge in [-0.05, 0) is 99.1 Å². The number of carbonyl (C=O) groups is 4. The molecule has 71 heavy (non-hydrogen) atoms. The van der Waals surface area contributed by atoms with Gasteiger partial charge in [-0.2, -0.15) is 0 Å². The molecule has 0 radical (unpaired) electrons. The predicted octanol–water partition coefficient (Wildman–Crippen LogP) is 2.12. The monoisotopic (exact) mass is 1010 g/mol. The number of cyclic esters (lactones) is 2. The second-order valence-electron chi connectivity index (χ2n) is 21.0. The second-order valence-corrected chi connectivity index (χ2v) is 21.0. The summed E-state index contributed by atoms with van der Waals surface area (Å²) in [7, 11) is 6.65. The van der Waals surface area contributed by atoms with Crippen molar-refractivity contribution in [2.24, 2.45) is 17.8 Å². The summed E-state index contributed by atoms with van der Waals surface area (Å²) in [5, 5.41) is 61.5. The maximum atomic E-state index is 14.4. The Morgan fingerprint density at radius 3 is 2.28 bits per heavy atom. The Hall–Kier alpha value is -3.61. The van der Waals surface area contributed by atoms with E-state index in [1.807, 2.05) is 11.8 Å². The van der Waals surface area contributed by atoms with Gasteiger partial charge in [-0.3, -0.25) is 19.3 Å². The molecule has 19 atom stereocenters. The number of hydrogen-bond acceptors (Lipinski definition) is 18. The Kier molecular flexibility index (Phi) is 20.2. The molecular weight excluding hydrogens is 932 g/mol. The number of hydrogen-bond donors (Lipinski definition) is 6. The van der Waals surface area contributed by atoms with Crippen molar-refractivity contribution in [2.75, 3.05) is 52.8 Å². The average Bonchev–Trinajstić information content (AvgIpc) is 3.69. The number of benzene rings is 1. The number of carbonyl (C=O) groups excluding carboxylic acids is 4. The highest BCUT2D eigenvalue weighted by atomic mass is 19.1. The van der Waals surface area contributed by atoms with Crippen molar-refractivity contribution >= 4 is 29.6 Å². The van der Waals surface area contributed by atoms with Crippen LogP contribution in [0.5, 0.6) is 0 Å². The van der Waals surface area contributed by atoms with Gasteiger partial charge >= 0.3 is 18.0 Å². The SMILES string of the molecule is CC[C@H]1OC(=O)[C@H](C)C([C@H]2C[C@@](C)(OC)[C@@H](O)[C@H](C)O2)C[C@@H](O[C@@H]2O[C@H](C)[C@@H](OC(=O)CCC(=O)NC[C@H]3CN(c4cccc(F)c4)C(=O)O3)[C@H](N(C)C)[C@H]2O)[C@H](O)C[C@@H](C)CN(C)[C@H](C)[C@@H](O)[C@]1(C)O. The number of methoxy groups -OCH3 is 1. The molecule has 2 amide bonds. The molecule has 4 heterocycles. The molecule has 4 saturated heterocycles. The van der Waals surface area contributed by atoms with Crippen molar-refractivity contribution in [2.45, 2.75) is 191 Å². The van der Waals surface area contributed by atoms with E-state index in [0.717, 1.165) is 0 Å². The zero-order chi connectivity index (χ0) is 52.9. The minimum atomic E-state index is -1.85. The van der Waals surface area contributed by atoms with Crippen molar-refractivity contribution in [3.63, 3.8) is 0 Å². The Morgan fingerprint density at radius 1 is 0.958 bits per heavy atom. The molecule has 404 valence electrons. The molecule has 0 aromatic heterocycles. The molecule has 1 aromatic carbocycles. The number of likely N-dealkylation sites (N-methyl/N-ethyl adjacent to an activating group) is 2. The largest absolute Gasteiger partial charge is 0.459 e. The zero-order valence-corrected chi connectivity index (χ0v) is 43.4. The first-order valence-corrected chi connectivity index (χ1v) is 25.0. The highest BCUT2D eigenvalue weighted by molar-refractivity contribution is 5.90. The standard InChI is InChI=1S/C50H81FN4O16/c1-13-38-50(8,64)44(60)28(4)54(11)24-26(2)19-35(56)36(21-34(27(3)46(62)70-38)37-22-49(7,65-12)45(61)30(6)66-37)69-47-42(59)41(53(9)10)43(29(5)67-47)71-40(58)18-17-39(57)52-23-33-25-55(48(63)68-33)32-16-14-15-31(51)20-32/h14-16,20,26-30,33-38,41-45,47,56,59-61,64H,13,17-19,21-25H2,1-12H3,(H,52,57)/t26-,27-,28-,29-,30+,33+,34?,35-,36-,37-,38-,41-,42-,43-,44-,45+,47+,49-,50-/m1/s1. The van der Waals surface area contributed by atoms with E-state index in [2.05, 4.69) is 5.32 Å². The van der Waals surface area contributed by atoms with Gasteiger partial charge in [-0.1, -0.05) is 26.8 Å². The molecule has 1 unspecified atom stereocenters. The molecule has 0 aliphatic carbocycles. The van der Waals surface area contributed by atoms with E-state index >= 15 is 0 Å². The lowest BCUT2D eigenvalue weighted by Gasteiger charge is -2.49. The van der Waals surface area contributed by atoms with Gasteiger partial charge in [-0.25, -0.2) is 9.18 Å². The van der Waals surface area contributed by atoms with E-state index in [-0.39, 0.29) is 57.5 Å². The molecule has 5 rings (SSSR count). The van der Waals surface area contributed by atoms with Gasteiger partial charge < -0.3 is 73.8 Å². The van der Waals surface area contributed by atoms with Crippen LogP contribution in [0.25, 0.3) is 0 Å². The van der Waals surface area contributed by atoms with E-state index in [1.165, 1.54) is 37.1 Å². The van der Waals surface area contributed by atoms with Gasteiger partial charge in [0.1, 0.15) is 48.0 Å². The summed E-state index contributed by atoms with van der Waals surface area (Å²) >= 11 is 0. The minimum absolute atomic E-state index is 0.0397. The predicted molar refractivity (Wildman–Crippen MR) is 255 cm³/mol. The lowest BCUT2D eigenvalue weighted by atomic mass is 9.75. The number of esters is 2. The normalized spacial score (nSPS) is 40.3. The third kappa shape index (κ3) is 14.0. The van der Waals surface area contributed by atoms with Gasteiger partial charge in [0.25, 0.3) is 0 Å². The fourth-order valence-corrected chi connectivity index (χ4v) is 10.7. The maximum Gasteiger partial charge on any atom is 0.414 e. The molecule has 21 heteroatoms. The molecule has 0 bridgehead atoms. The van der Waals surface area contributed by atoms with E-state index in [4.69, 9.17) is 33.2 Å². The Morgan fingerprint density at radius 2 is 1.65 bits per heavy atom. The summed E-state index contributed by atoms with van der Waals surface area (Å²) < 4.78 is 56.4. The van der Waals surface area contributed by atoms with E-state index in [9.17, 15) is 49.1 Å². The van der Waals surface area contributed by atoms with Crippen LogP contribution in [-0.2, 0) is 47.5 Å². The van der Waals surface area contributed by atoms with Crippen molar-refractivity contribution in [1.82, 2.24) is 15.1 Å². The van der Waals surface area contributed by atoms with Gasteiger partial charge in [-0.15, -0.1) is 0 Å². The van der Waals surface area contributed by atoms with Crippen molar-refractivity contribution in [3.8, 4) is 0 Å². The number of nitrogens with zero attached hydrogens (tertiary/aromatic N) is 3. The van der Waals surface area contributed by atoms with Crippen LogP contribution in [0, 0.1) is 23.6 Å². The van der Waals surface area contributed by atoms with Crippen LogP contribution >= 0.6 is 0 Å². The number of aliphatic hydroxyl groups excluding tert-OH is 4. The number of nitrogens with one attached hydrogen (secondary N) is 1. The molecule has 20 nitrogen and oxygen atoms in total. The number of amides is 2. The van der Waals surface area contributed by atoms with E-state index in [1.54, 1.807) is 73.7 Å². The Bertz CT molecular complexity index is 1950. The van der Waals surface area contributed by atoms with Crippen LogP contribution in [0.2, 0.25) is 0 Å². The molecule has 0 saturated carbocycles. The second kappa shape index (κ2) is 24.6. The smallest absolute Gasteiger partial charge is 0.414 e. The molecular formula is C50H81FN4O16. The van der Waals surface area contributed by atoms with Crippen LogP contribution in [0.15, 0.2) is 24.3 Å². The molecule has 1 aromatic rings. The summed E-state index contributed by atoms with van der Waals surface area (Å²) in [6.07, 6.45) is -13.6. The first-order valence-electron chi connectivity index (χ1n) is 25.0. The van der Waals surface area contributed by atoms with Crippen LogP contribution in [0.3, 0.4) is 0 Å². The summed E-state index contributed by atoms with van der Waals surface area (Å²) in [5.74, 6) is -4.43. The number of rotatable bonds is 13. The molecule has 6 N–H and O–H groups in total. The van der Waals surface area contributed by atoms with Crippen LogP contribution in [-0.4, -0.2) is 204 Å². The molecule has 0 spiro atoms. The summed E-state index contributed by atoms with van der Waals surface area (Å²) in [6, 6.07) is 3.98. The minimum Gasteiger partial charge on any atom is -0.459 e. The van der Waals surface area contributed by atoms with Crippen molar-refractivity contribution in [1.29, 1.82) is 0 Å². The first-order chi connectivity index (χ1) is 33.2. The third-order valence-corrected chi connectivity index (χ3v) is 15.3. The highest BCUT2D eigenvalue weighted by Crippen LogP contribution is 2.41. The van der Waals surface area contributed by atoms with Gasteiger partial charge in [0.05, 0.1) is 73.3 Å².